The Morgan fingerprint density at radius 1 is 1.03 bits per heavy atom. The van der Waals surface area contributed by atoms with Crippen LogP contribution in [-0.2, 0) is 33.4 Å². The Bertz CT molecular complexity index is 710. The van der Waals surface area contributed by atoms with E-state index in [1.165, 1.54) is 20.8 Å². The lowest BCUT2D eigenvalue weighted by atomic mass is 9.73. The highest BCUT2D eigenvalue weighted by Crippen LogP contribution is 2.36. The van der Waals surface area contributed by atoms with Crippen LogP contribution in [0, 0.1) is 10.8 Å². The van der Waals surface area contributed by atoms with E-state index in [0.717, 1.165) is 0 Å². The molecule has 0 saturated heterocycles. The molecule has 0 aromatic heterocycles. The van der Waals surface area contributed by atoms with Crippen molar-refractivity contribution < 1.29 is 41.9 Å². The molecule has 0 aliphatic rings. The Hall–Kier alpha value is -1.72. The molecule has 1 amide bonds. The van der Waals surface area contributed by atoms with Crippen molar-refractivity contribution in [1.82, 2.24) is 5.32 Å². The molecule has 0 aromatic rings. The number of aliphatic carboxylic acids is 1. The van der Waals surface area contributed by atoms with Gasteiger partial charge in [0.15, 0.2) is 5.60 Å². The molecule has 0 heterocycles. The Morgan fingerprint density at radius 2 is 1.60 bits per heavy atom. The second kappa shape index (κ2) is 11.1. The van der Waals surface area contributed by atoms with E-state index in [1.807, 2.05) is 0 Å². The van der Waals surface area contributed by atoms with Gasteiger partial charge in [0.1, 0.15) is 0 Å². The van der Waals surface area contributed by atoms with Gasteiger partial charge in [-0.15, -0.1) is 0 Å². The highest BCUT2D eigenvalue weighted by Gasteiger charge is 2.50. The SMILES string of the molecule is CC(=O)NCCCS(=O)(=O)OCC(C)(C)[C@](O)(CCCOC(=O)C(C)(C)C)C(=O)O. The normalized spacial score (nSPS) is 14.6. The molecule has 30 heavy (non-hydrogen) atoms. The number of carboxylic acid groups (broad SMARTS) is 1. The van der Waals surface area contributed by atoms with Gasteiger partial charge in [0, 0.05) is 18.9 Å². The maximum absolute atomic E-state index is 12.0. The number of carbonyl (C=O) groups is 3. The second-order valence-electron chi connectivity index (χ2n) is 8.90. The van der Waals surface area contributed by atoms with Crippen LogP contribution in [0.15, 0.2) is 0 Å². The third-order valence-electron chi connectivity index (χ3n) is 4.55. The average Bonchev–Trinajstić information content (AvgIpc) is 2.59. The molecule has 0 aromatic carbocycles. The van der Waals surface area contributed by atoms with Gasteiger partial charge in [0.25, 0.3) is 10.1 Å². The number of carboxylic acids is 1. The molecule has 0 aliphatic carbocycles. The molecule has 0 saturated carbocycles. The van der Waals surface area contributed by atoms with E-state index in [2.05, 4.69) is 5.32 Å². The first-order chi connectivity index (χ1) is 13.4. The van der Waals surface area contributed by atoms with Crippen LogP contribution in [0.1, 0.15) is 60.8 Å². The predicted octanol–water partition coefficient (Wildman–Crippen LogP) is 1.07. The number of hydrogen-bond donors (Lipinski definition) is 3. The Morgan fingerprint density at radius 3 is 2.07 bits per heavy atom. The van der Waals surface area contributed by atoms with E-state index >= 15 is 0 Å². The summed E-state index contributed by atoms with van der Waals surface area (Å²) in [5, 5.41) is 22.8. The number of esters is 1. The zero-order valence-electron chi connectivity index (χ0n) is 18.6. The fourth-order valence-corrected chi connectivity index (χ4v) is 3.46. The minimum Gasteiger partial charge on any atom is -0.479 e. The summed E-state index contributed by atoms with van der Waals surface area (Å²) in [6.07, 6.45) is -0.0686. The summed E-state index contributed by atoms with van der Waals surface area (Å²) in [7, 11) is -3.98. The molecular weight excluding hydrogens is 418 g/mol. The summed E-state index contributed by atoms with van der Waals surface area (Å²) in [4.78, 5) is 34.3. The Labute approximate surface area is 178 Å². The van der Waals surface area contributed by atoms with Crippen molar-refractivity contribution in [3.63, 3.8) is 0 Å². The van der Waals surface area contributed by atoms with Crippen LogP contribution in [0.4, 0.5) is 0 Å². The van der Waals surface area contributed by atoms with Crippen molar-refractivity contribution in [3.8, 4) is 0 Å². The number of nitrogens with one attached hydrogen (secondary N) is 1. The van der Waals surface area contributed by atoms with Crippen molar-refractivity contribution >= 4 is 28.0 Å². The summed E-state index contributed by atoms with van der Waals surface area (Å²) < 4.78 is 34.1. The lowest BCUT2D eigenvalue weighted by Gasteiger charge is -2.38. The van der Waals surface area contributed by atoms with Crippen molar-refractivity contribution in [2.75, 3.05) is 25.5 Å². The van der Waals surface area contributed by atoms with Crippen LogP contribution in [0.5, 0.6) is 0 Å². The molecule has 11 heteroatoms. The van der Waals surface area contributed by atoms with Crippen LogP contribution >= 0.6 is 0 Å². The molecule has 0 aliphatic heterocycles. The topological polar surface area (TPSA) is 156 Å². The van der Waals surface area contributed by atoms with Gasteiger partial charge in [-0.25, -0.2) is 4.79 Å². The van der Waals surface area contributed by atoms with Gasteiger partial charge in [-0.05, 0) is 40.0 Å². The minimum atomic E-state index is -3.98. The second-order valence-corrected chi connectivity index (χ2v) is 10.7. The zero-order valence-corrected chi connectivity index (χ0v) is 19.4. The van der Waals surface area contributed by atoms with Crippen LogP contribution < -0.4 is 5.32 Å². The fraction of sp³-hybridized carbons (Fsp3) is 0.842. The largest absolute Gasteiger partial charge is 0.479 e. The van der Waals surface area contributed by atoms with E-state index in [9.17, 15) is 33.0 Å². The summed E-state index contributed by atoms with van der Waals surface area (Å²) in [6, 6.07) is 0. The average molecular weight is 454 g/mol. The first-order valence-electron chi connectivity index (χ1n) is 9.69. The smallest absolute Gasteiger partial charge is 0.336 e. The molecule has 1 atom stereocenters. The molecule has 176 valence electrons. The van der Waals surface area contributed by atoms with Crippen LogP contribution in [-0.4, -0.2) is 67.6 Å². The van der Waals surface area contributed by atoms with Crippen molar-refractivity contribution in [3.05, 3.63) is 0 Å². The van der Waals surface area contributed by atoms with Gasteiger partial charge >= 0.3 is 11.9 Å². The monoisotopic (exact) mass is 453 g/mol. The maximum atomic E-state index is 12.0. The van der Waals surface area contributed by atoms with Gasteiger partial charge in [-0.3, -0.25) is 13.8 Å². The third-order valence-corrected chi connectivity index (χ3v) is 5.81. The van der Waals surface area contributed by atoms with Crippen molar-refractivity contribution in [2.45, 2.75) is 66.4 Å². The van der Waals surface area contributed by atoms with Crippen LogP contribution in [0.2, 0.25) is 0 Å². The van der Waals surface area contributed by atoms with Crippen LogP contribution in [0.3, 0.4) is 0 Å². The number of aliphatic hydroxyl groups is 1. The van der Waals surface area contributed by atoms with Gasteiger partial charge in [0.2, 0.25) is 5.91 Å². The molecule has 0 bridgehead atoms. The summed E-state index contributed by atoms with van der Waals surface area (Å²) in [6.45, 7) is 8.65. The number of amides is 1. The molecule has 0 spiro atoms. The highest BCUT2D eigenvalue weighted by atomic mass is 32.2. The van der Waals surface area contributed by atoms with Crippen molar-refractivity contribution in [1.29, 1.82) is 0 Å². The van der Waals surface area contributed by atoms with Gasteiger partial charge < -0.3 is 20.3 Å². The van der Waals surface area contributed by atoms with Gasteiger partial charge in [-0.2, -0.15) is 8.42 Å². The number of rotatable bonds is 13. The number of carbonyl (C=O) groups excluding carboxylic acids is 2. The van der Waals surface area contributed by atoms with E-state index in [4.69, 9.17) is 8.92 Å². The maximum Gasteiger partial charge on any atom is 0.336 e. The van der Waals surface area contributed by atoms with Gasteiger partial charge in [-0.1, -0.05) is 13.8 Å². The quantitative estimate of drug-likeness (QED) is 0.211. The lowest BCUT2D eigenvalue weighted by Crippen LogP contribution is -2.54. The lowest BCUT2D eigenvalue weighted by molar-refractivity contribution is -0.178. The molecular formula is C19H35NO9S. The third kappa shape index (κ3) is 9.40. The number of ether oxygens (including phenoxy) is 1. The molecule has 0 rings (SSSR count). The van der Waals surface area contributed by atoms with Gasteiger partial charge in [0.05, 0.1) is 24.4 Å². The molecule has 0 radical (unpaired) electrons. The van der Waals surface area contributed by atoms with E-state index in [-0.39, 0.29) is 44.1 Å². The molecule has 3 N–H and O–H groups in total. The molecule has 10 nitrogen and oxygen atoms in total. The summed E-state index contributed by atoms with van der Waals surface area (Å²) in [5.74, 6) is -2.62. The fourth-order valence-electron chi connectivity index (χ4n) is 2.37. The highest BCUT2D eigenvalue weighted by molar-refractivity contribution is 7.86. The summed E-state index contributed by atoms with van der Waals surface area (Å²) in [5.41, 5.74) is -4.46. The number of hydrogen-bond acceptors (Lipinski definition) is 8. The minimum absolute atomic E-state index is 0.0670. The first kappa shape index (κ1) is 28.3. The first-order valence-corrected chi connectivity index (χ1v) is 11.3. The van der Waals surface area contributed by atoms with E-state index in [0.29, 0.717) is 0 Å². The zero-order chi connectivity index (χ0) is 23.8. The predicted molar refractivity (Wildman–Crippen MR) is 109 cm³/mol. The van der Waals surface area contributed by atoms with E-state index < -0.39 is 45.1 Å². The van der Waals surface area contributed by atoms with Crippen molar-refractivity contribution in [2.24, 2.45) is 10.8 Å². The van der Waals surface area contributed by atoms with E-state index in [1.54, 1.807) is 20.8 Å². The standard InChI is InChI=1S/C19H35NO9S/c1-14(21)20-10-8-12-30(26,27)29-13-18(5,6)19(25,15(22)23)9-7-11-28-16(24)17(2,3)4/h25H,7-13H2,1-6H3,(H,20,21)(H,22,23)/t19-/m0/s1. The summed E-state index contributed by atoms with van der Waals surface area (Å²) >= 11 is 0. The van der Waals surface area contributed by atoms with Crippen LogP contribution in [0.25, 0.3) is 0 Å². The molecule has 0 fully saturated rings. The molecule has 0 unspecified atom stereocenters. The Kier molecular flexibility index (Phi) is 10.4. The Balaban J connectivity index is 4.88.